The fourth-order valence-electron chi connectivity index (χ4n) is 3.49. The average molecular weight is 339 g/mol. The van der Waals surface area contributed by atoms with E-state index in [1.54, 1.807) is 0 Å². The Labute approximate surface area is 148 Å². The molecule has 1 amide bonds. The Morgan fingerprint density at radius 2 is 1.96 bits per heavy atom. The van der Waals surface area contributed by atoms with Gasteiger partial charge in [-0.05, 0) is 44.7 Å². The molecule has 0 N–H and O–H groups in total. The Balaban J connectivity index is 1.47. The second kappa shape index (κ2) is 6.64. The number of amides is 1. The zero-order chi connectivity index (χ0) is 17.4. The van der Waals surface area contributed by atoms with Gasteiger partial charge in [-0.3, -0.25) is 4.79 Å². The van der Waals surface area contributed by atoms with E-state index in [2.05, 4.69) is 15.6 Å². The highest BCUT2D eigenvalue weighted by Gasteiger charge is 2.26. The molecule has 2 aromatic rings. The predicted octanol–water partition coefficient (Wildman–Crippen LogP) is 3.08. The average Bonchev–Trinajstić information content (AvgIpc) is 3.32. The van der Waals surface area contributed by atoms with Crippen molar-refractivity contribution >= 4 is 5.91 Å². The smallest absolute Gasteiger partial charge is 0.254 e. The van der Waals surface area contributed by atoms with E-state index in [-0.39, 0.29) is 5.91 Å². The normalized spacial score (nSPS) is 16.8. The van der Waals surface area contributed by atoms with Gasteiger partial charge in [0, 0.05) is 25.3 Å². The first-order chi connectivity index (χ1) is 12.1. The molecule has 1 aliphatic carbocycles. The number of nitrogens with zero attached hydrogens (tertiary/aromatic N) is 3. The summed E-state index contributed by atoms with van der Waals surface area (Å²) in [6, 6.07) is 6.04. The van der Waals surface area contributed by atoms with Crippen molar-refractivity contribution in [2.45, 2.75) is 46.4 Å². The quantitative estimate of drug-likeness (QED) is 0.841. The Hall–Kier alpha value is -2.14. The molecule has 5 nitrogen and oxygen atoms in total. The second-order valence-corrected chi connectivity index (χ2v) is 7.39. The van der Waals surface area contributed by atoms with E-state index in [4.69, 9.17) is 4.74 Å². The van der Waals surface area contributed by atoms with Crippen molar-refractivity contribution < 1.29 is 9.53 Å². The lowest BCUT2D eigenvalue weighted by Gasteiger charge is -2.29. The molecule has 1 aromatic carbocycles. The molecule has 0 unspecified atom stereocenters. The second-order valence-electron chi connectivity index (χ2n) is 7.39. The van der Waals surface area contributed by atoms with Crippen LogP contribution in [-0.4, -0.2) is 33.5 Å². The molecular formula is C20H25N3O2. The van der Waals surface area contributed by atoms with Crippen molar-refractivity contribution in [3.05, 3.63) is 52.6 Å². The van der Waals surface area contributed by atoms with Crippen LogP contribution in [-0.2, 0) is 24.4 Å². The lowest BCUT2D eigenvalue weighted by Crippen LogP contribution is -2.38. The standard InChI is InChI=1S/C20H25N3O2/c1-14-7-15(2)9-17(8-14)20(24)22-5-6-23-13-21-18(19(23)10-22)12-25-11-16-3-4-16/h7-9,13,16H,3-6,10-12H2,1-2H3. The highest BCUT2D eigenvalue weighted by molar-refractivity contribution is 5.94. The van der Waals surface area contributed by atoms with E-state index >= 15 is 0 Å². The number of imidazole rings is 1. The summed E-state index contributed by atoms with van der Waals surface area (Å²) >= 11 is 0. The van der Waals surface area contributed by atoms with Crippen molar-refractivity contribution in [3.8, 4) is 0 Å². The lowest BCUT2D eigenvalue weighted by atomic mass is 10.1. The van der Waals surface area contributed by atoms with Gasteiger partial charge < -0.3 is 14.2 Å². The molecule has 0 bridgehead atoms. The Kier molecular flexibility index (Phi) is 4.34. The van der Waals surface area contributed by atoms with Gasteiger partial charge in [0.25, 0.3) is 5.91 Å². The van der Waals surface area contributed by atoms with Crippen molar-refractivity contribution in [1.82, 2.24) is 14.5 Å². The largest absolute Gasteiger partial charge is 0.375 e. The first-order valence-electron chi connectivity index (χ1n) is 9.08. The van der Waals surface area contributed by atoms with Crippen molar-refractivity contribution in [2.24, 2.45) is 5.92 Å². The van der Waals surface area contributed by atoms with Gasteiger partial charge in [-0.25, -0.2) is 4.98 Å². The Bertz CT molecular complexity index is 772. The fraction of sp³-hybridized carbons (Fsp3) is 0.500. The van der Waals surface area contributed by atoms with Crippen LogP contribution in [0.2, 0.25) is 0 Å². The molecule has 1 aromatic heterocycles. The third kappa shape index (κ3) is 3.61. The van der Waals surface area contributed by atoms with Gasteiger partial charge in [-0.1, -0.05) is 17.2 Å². The Morgan fingerprint density at radius 1 is 1.20 bits per heavy atom. The summed E-state index contributed by atoms with van der Waals surface area (Å²) in [6.45, 7) is 7.56. The summed E-state index contributed by atoms with van der Waals surface area (Å²) < 4.78 is 7.95. The van der Waals surface area contributed by atoms with Crippen LogP contribution in [0.5, 0.6) is 0 Å². The topological polar surface area (TPSA) is 47.4 Å². The summed E-state index contributed by atoms with van der Waals surface area (Å²) in [5, 5.41) is 0. The maximum Gasteiger partial charge on any atom is 0.254 e. The lowest BCUT2D eigenvalue weighted by molar-refractivity contribution is 0.0704. The maximum absolute atomic E-state index is 12.9. The van der Waals surface area contributed by atoms with Crippen LogP contribution >= 0.6 is 0 Å². The van der Waals surface area contributed by atoms with Crippen LogP contribution in [0.15, 0.2) is 24.5 Å². The van der Waals surface area contributed by atoms with Crippen LogP contribution in [0, 0.1) is 19.8 Å². The highest BCUT2D eigenvalue weighted by Crippen LogP contribution is 2.29. The summed E-state index contributed by atoms with van der Waals surface area (Å²) in [5.74, 6) is 0.852. The number of rotatable bonds is 5. The molecule has 1 fully saturated rings. The first-order valence-corrected chi connectivity index (χ1v) is 9.08. The van der Waals surface area contributed by atoms with E-state index in [1.165, 1.54) is 12.8 Å². The molecule has 132 valence electrons. The molecular weight excluding hydrogens is 314 g/mol. The van der Waals surface area contributed by atoms with Gasteiger partial charge in [0.15, 0.2) is 0 Å². The van der Waals surface area contributed by atoms with Crippen LogP contribution in [0.3, 0.4) is 0 Å². The number of benzene rings is 1. The summed E-state index contributed by atoms with van der Waals surface area (Å²) in [6.07, 6.45) is 4.46. The molecule has 25 heavy (non-hydrogen) atoms. The minimum atomic E-state index is 0.101. The van der Waals surface area contributed by atoms with Crippen LogP contribution in [0.4, 0.5) is 0 Å². The van der Waals surface area contributed by atoms with Crippen molar-refractivity contribution in [2.75, 3.05) is 13.2 Å². The van der Waals surface area contributed by atoms with Gasteiger partial charge in [0.05, 0.1) is 30.9 Å². The minimum Gasteiger partial charge on any atom is -0.375 e. The molecule has 0 saturated heterocycles. The van der Waals surface area contributed by atoms with Crippen LogP contribution in [0.1, 0.15) is 45.7 Å². The summed E-state index contributed by atoms with van der Waals surface area (Å²) in [7, 11) is 0. The SMILES string of the molecule is Cc1cc(C)cc(C(=O)N2CCn3cnc(COCC4CC4)c3C2)c1. The molecule has 5 heteroatoms. The third-order valence-corrected chi connectivity index (χ3v) is 5.03. The zero-order valence-corrected chi connectivity index (χ0v) is 15.0. The molecule has 0 radical (unpaired) electrons. The third-order valence-electron chi connectivity index (χ3n) is 5.03. The monoisotopic (exact) mass is 339 g/mol. The number of hydrogen-bond acceptors (Lipinski definition) is 3. The van der Waals surface area contributed by atoms with Crippen molar-refractivity contribution in [1.29, 1.82) is 0 Å². The number of carbonyl (C=O) groups excluding carboxylic acids is 1. The maximum atomic E-state index is 12.9. The zero-order valence-electron chi connectivity index (χ0n) is 15.0. The summed E-state index contributed by atoms with van der Waals surface area (Å²) in [4.78, 5) is 19.4. The predicted molar refractivity (Wildman–Crippen MR) is 95.3 cm³/mol. The van der Waals surface area contributed by atoms with Gasteiger partial charge in [-0.2, -0.15) is 0 Å². The van der Waals surface area contributed by atoms with E-state index in [0.717, 1.165) is 53.7 Å². The van der Waals surface area contributed by atoms with E-state index in [0.29, 0.717) is 13.2 Å². The van der Waals surface area contributed by atoms with E-state index in [9.17, 15) is 4.79 Å². The molecule has 2 aliphatic rings. The number of fused-ring (bicyclic) bond motifs is 1. The molecule has 1 aliphatic heterocycles. The molecule has 2 heterocycles. The number of aryl methyl sites for hydroxylation is 2. The van der Waals surface area contributed by atoms with Gasteiger partial charge in [0.2, 0.25) is 0 Å². The molecule has 4 rings (SSSR count). The van der Waals surface area contributed by atoms with Crippen LogP contribution < -0.4 is 0 Å². The number of hydrogen-bond donors (Lipinski definition) is 0. The highest BCUT2D eigenvalue weighted by atomic mass is 16.5. The minimum absolute atomic E-state index is 0.101. The van der Waals surface area contributed by atoms with Gasteiger partial charge in [-0.15, -0.1) is 0 Å². The molecule has 1 saturated carbocycles. The molecule has 0 spiro atoms. The number of ether oxygens (including phenoxy) is 1. The number of aromatic nitrogens is 2. The fourth-order valence-corrected chi connectivity index (χ4v) is 3.49. The summed E-state index contributed by atoms with van der Waals surface area (Å²) in [5.41, 5.74) is 5.11. The van der Waals surface area contributed by atoms with Gasteiger partial charge >= 0.3 is 0 Å². The van der Waals surface area contributed by atoms with Crippen molar-refractivity contribution in [3.63, 3.8) is 0 Å². The van der Waals surface area contributed by atoms with E-state index < -0.39 is 0 Å². The Morgan fingerprint density at radius 3 is 2.68 bits per heavy atom. The number of carbonyl (C=O) groups is 1. The van der Waals surface area contributed by atoms with Gasteiger partial charge in [0.1, 0.15) is 0 Å². The van der Waals surface area contributed by atoms with Crippen LogP contribution in [0.25, 0.3) is 0 Å². The first kappa shape index (κ1) is 16.3. The molecule has 0 atom stereocenters. The van der Waals surface area contributed by atoms with E-state index in [1.807, 2.05) is 37.2 Å².